The number of thiophene rings is 1. The minimum atomic E-state index is 0.339. The molecule has 0 amide bonds. The Morgan fingerprint density at radius 1 is 1.44 bits per heavy atom. The van der Waals surface area contributed by atoms with Gasteiger partial charge in [0.05, 0.1) is 8.81 Å². The number of nitrogens with one attached hydrogen (secondary N) is 1. The summed E-state index contributed by atoms with van der Waals surface area (Å²) in [5, 5.41) is 4.39. The molecule has 0 saturated heterocycles. The van der Waals surface area contributed by atoms with Gasteiger partial charge in [0.1, 0.15) is 0 Å². The maximum Gasteiger partial charge on any atom is 0.0887 e. The predicted molar refractivity (Wildman–Crippen MR) is 86.7 cm³/mol. The minimum Gasteiger partial charge on any atom is -0.310 e. The van der Waals surface area contributed by atoms with E-state index in [9.17, 15) is 0 Å². The second-order valence-corrected chi connectivity index (χ2v) is 8.69. The molecule has 1 heterocycles. The molecule has 1 aromatic rings. The number of hydrogen-bond donors (Lipinski definition) is 1. The second-order valence-electron chi connectivity index (χ2n) is 5.88. The molecule has 2 unspecified atom stereocenters. The zero-order chi connectivity index (χ0) is 13.9. The lowest BCUT2D eigenvalue weighted by molar-refractivity contribution is 0.225. The van der Waals surface area contributed by atoms with Crippen LogP contribution in [0.2, 0.25) is 5.02 Å². The molecular weight excluding hydrogens is 330 g/mol. The molecule has 18 heavy (non-hydrogen) atoms. The average Bonchev–Trinajstić information content (AvgIpc) is 2.57. The SMILES string of the molecule is CCNC(CC(C)C(C)(C)C)c1cc(Cl)c(Br)s1. The van der Waals surface area contributed by atoms with Crippen LogP contribution < -0.4 is 5.32 Å². The van der Waals surface area contributed by atoms with E-state index in [-0.39, 0.29) is 0 Å². The summed E-state index contributed by atoms with van der Waals surface area (Å²) < 4.78 is 1.03. The normalized spacial score (nSPS) is 15.7. The van der Waals surface area contributed by atoms with E-state index >= 15 is 0 Å². The van der Waals surface area contributed by atoms with E-state index in [0.717, 1.165) is 21.8 Å². The second kappa shape index (κ2) is 6.74. The number of hydrogen-bond acceptors (Lipinski definition) is 2. The first-order chi connectivity index (χ1) is 8.25. The first-order valence-electron chi connectivity index (χ1n) is 6.43. The van der Waals surface area contributed by atoms with Gasteiger partial charge >= 0.3 is 0 Å². The highest BCUT2D eigenvalue weighted by Crippen LogP contribution is 2.39. The van der Waals surface area contributed by atoms with E-state index < -0.39 is 0 Å². The van der Waals surface area contributed by atoms with Crippen molar-refractivity contribution in [2.75, 3.05) is 6.54 Å². The predicted octanol–water partition coefficient (Wildman–Crippen LogP) is 5.89. The molecule has 0 spiro atoms. The molecule has 0 aliphatic carbocycles. The van der Waals surface area contributed by atoms with Crippen LogP contribution >= 0.6 is 38.9 Å². The zero-order valence-corrected chi connectivity index (χ0v) is 15.0. The lowest BCUT2D eigenvalue weighted by atomic mass is 9.78. The molecule has 0 aromatic carbocycles. The van der Waals surface area contributed by atoms with Gasteiger partial charge in [-0.25, -0.2) is 0 Å². The Bertz CT molecular complexity index is 364. The minimum absolute atomic E-state index is 0.339. The van der Waals surface area contributed by atoms with E-state index in [0.29, 0.717) is 17.4 Å². The summed E-state index contributed by atoms with van der Waals surface area (Å²) in [6.07, 6.45) is 1.14. The van der Waals surface area contributed by atoms with E-state index in [1.807, 2.05) is 0 Å². The van der Waals surface area contributed by atoms with Crippen LogP contribution in [-0.4, -0.2) is 6.54 Å². The van der Waals surface area contributed by atoms with Gasteiger partial charge in [0.25, 0.3) is 0 Å². The maximum absolute atomic E-state index is 6.14. The monoisotopic (exact) mass is 351 g/mol. The zero-order valence-electron chi connectivity index (χ0n) is 11.8. The molecule has 4 heteroatoms. The molecule has 0 fully saturated rings. The highest BCUT2D eigenvalue weighted by Gasteiger charge is 2.25. The molecule has 1 nitrogen and oxygen atoms in total. The van der Waals surface area contributed by atoms with Crippen molar-refractivity contribution in [1.29, 1.82) is 0 Å². The third kappa shape index (κ3) is 4.52. The average molecular weight is 353 g/mol. The van der Waals surface area contributed by atoms with Crippen LogP contribution in [-0.2, 0) is 0 Å². The Balaban J connectivity index is 2.83. The van der Waals surface area contributed by atoms with Gasteiger partial charge in [-0.05, 0) is 46.3 Å². The highest BCUT2D eigenvalue weighted by molar-refractivity contribution is 9.11. The molecule has 104 valence electrons. The van der Waals surface area contributed by atoms with Gasteiger partial charge < -0.3 is 5.32 Å². The van der Waals surface area contributed by atoms with Gasteiger partial charge in [0, 0.05) is 10.9 Å². The van der Waals surface area contributed by atoms with Gasteiger partial charge in [-0.2, -0.15) is 0 Å². The van der Waals surface area contributed by atoms with Crippen LogP contribution in [0, 0.1) is 11.3 Å². The molecule has 0 aliphatic rings. The van der Waals surface area contributed by atoms with Crippen LogP contribution in [0.3, 0.4) is 0 Å². The largest absolute Gasteiger partial charge is 0.310 e. The summed E-state index contributed by atoms with van der Waals surface area (Å²) in [5.74, 6) is 0.654. The highest BCUT2D eigenvalue weighted by atomic mass is 79.9. The van der Waals surface area contributed by atoms with E-state index in [4.69, 9.17) is 11.6 Å². The summed E-state index contributed by atoms with van der Waals surface area (Å²) in [6, 6.07) is 2.48. The fraction of sp³-hybridized carbons (Fsp3) is 0.714. The number of rotatable bonds is 5. The smallest absolute Gasteiger partial charge is 0.0887 e. The van der Waals surface area contributed by atoms with Crippen molar-refractivity contribution in [3.63, 3.8) is 0 Å². The molecule has 2 atom stereocenters. The maximum atomic E-state index is 6.14. The quantitative estimate of drug-likeness (QED) is 0.697. The van der Waals surface area contributed by atoms with Gasteiger partial charge in [-0.3, -0.25) is 0 Å². The van der Waals surface area contributed by atoms with Crippen LogP contribution in [0.5, 0.6) is 0 Å². The first kappa shape index (κ1) is 16.5. The van der Waals surface area contributed by atoms with Crippen molar-refractivity contribution in [3.8, 4) is 0 Å². The summed E-state index contributed by atoms with van der Waals surface area (Å²) >= 11 is 11.4. The van der Waals surface area contributed by atoms with Crippen molar-refractivity contribution >= 4 is 38.9 Å². The Labute approximate surface area is 128 Å². The van der Waals surface area contributed by atoms with E-state index in [1.165, 1.54) is 4.88 Å². The van der Waals surface area contributed by atoms with Crippen molar-refractivity contribution < 1.29 is 0 Å². The third-order valence-corrected chi connectivity index (χ3v) is 6.11. The van der Waals surface area contributed by atoms with Crippen molar-refractivity contribution in [1.82, 2.24) is 5.32 Å². The Morgan fingerprint density at radius 3 is 2.44 bits per heavy atom. The lowest BCUT2D eigenvalue weighted by Crippen LogP contribution is -2.26. The van der Waals surface area contributed by atoms with Crippen LogP contribution in [0.1, 0.15) is 52.0 Å². The fourth-order valence-corrected chi connectivity index (χ4v) is 3.62. The summed E-state index contributed by atoms with van der Waals surface area (Å²) in [6.45, 7) is 12.4. The topological polar surface area (TPSA) is 12.0 Å². The number of halogens is 2. The summed E-state index contributed by atoms with van der Waals surface area (Å²) in [4.78, 5) is 1.32. The van der Waals surface area contributed by atoms with Crippen LogP contribution in [0.25, 0.3) is 0 Å². The molecule has 1 rings (SSSR count). The Morgan fingerprint density at radius 2 is 2.06 bits per heavy atom. The Hall–Kier alpha value is 0.430. The van der Waals surface area contributed by atoms with Gasteiger partial charge in [-0.15, -0.1) is 11.3 Å². The molecule has 0 saturated carbocycles. The van der Waals surface area contributed by atoms with Gasteiger partial charge in [0.2, 0.25) is 0 Å². The van der Waals surface area contributed by atoms with Crippen molar-refractivity contribution in [2.45, 2.75) is 47.1 Å². The Kier molecular flexibility index (Phi) is 6.17. The molecule has 0 radical (unpaired) electrons. The lowest BCUT2D eigenvalue weighted by Gasteiger charge is -2.30. The third-order valence-electron chi connectivity index (χ3n) is 3.53. The van der Waals surface area contributed by atoms with Crippen LogP contribution in [0.4, 0.5) is 0 Å². The fourth-order valence-electron chi connectivity index (χ4n) is 1.79. The van der Waals surface area contributed by atoms with Gasteiger partial charge in [-0.1, -0.05) is 46.2 Å². The van der Waals surface area contributed by atoms with Crippen LogP contribution in [0.15, 0.2) is 9.85 Å². The van der Waals surface area contributed by atoms with Crippen molar-refractivity contribution in [2.24, 2.45) is 11.3 Å². The molecule has 0 bridgehead atoms. The van der Waals surface area contributed by atoms with E-state index in [1.54, 1.807) is 11.3 Å². The summed E-state index contributed by atoms with van der Waals surface area (Å²) in [5.41, 5.74) is 0.339. The molecule has 1 aromatic heterocycles. The molecule has 0 aliphatic heterocycles. The van der Waals surface area contributed by atoms with E-state index in [2.05, 4.69) is 61.9 Å². The van der Waals surface area contributed by atoms with Crippen molar-refractivity contribution in [3.05, 3.63) is 19.8 Å². The molecule has 1 N–H and O–H groups in total. The summed E-state index contributed by atoms with van der Waals surface area (Å²) in [7, 11) is 0. The standard InChI is InChI=1S/C14H23BrClNS/c1-6-17-11(7-9(2)14(3,4)5)12-8-10(16)13(15)18-12/h8-9,11,17H,6-7H2,1-5H3. The first-order valence-corrected chi connectivity index (χ1v) is 8.42. The molecular formula is C14H23BrClNS. The van der Waals surface area contributed by atoms with Gasteiger partial charge in [0.15, 0.2) is 0 Å².